The van der Waals surface area contributed by atoms with Gasteiger partial charge in [-0.1, -0.05) is 18.2 Å². The van der Waals surface area contributed by atoms with E-state index in [0.717, 1.165) is 24.4 Å². The Balaban J connectivity index is 2.00. The minimum atomic E-state index is -0.117. The van der Waals surface area contributed by atoms with E-state index in [1.54, 1.807) is 6.33 Å². The molecule has 5 nitrogen and oxygen atoms in total. The van der Waals surface area contributed by atoms with Gasteiger partial charge in [-0.2, -0.15) is 5.10 Å². The summed E-state index contributed by atoms with van der Waals surface area (Å²) in [5.74, 6) is 1.94. The molecule has 1 atom stereocenters. The van der Waals surface area contributed by atoms with E-state index < -0.39 is 0 Å². The molecule has 0 spiro atoms. The van der Waals surface area contributed by atoms with Crippen LogP contribution in [0.2, 0.25) is 0 Å². The molecule has 2 N–H and O–H groups in total. The van der Waals surface area contributed by atoms with Gasteiger partial charge in [0, 0.05) is 30.0 Å². The zero-order valence-corrected chi connectivity index (χ0v) is 12.6. The first kappa shape index (κ1) is 14.1. The molecule has 2 aromatic rings. The molecule has 2 heterocycles. The Morgan fingerprint density at radius 2 is 2.19 bits per heavy atom. The zero-order chi connectivity index (χ0) is 14.9. The van der Waals surface area contributed by atoms with Gasteiger partial charge in [0.15, 0.2) is 0 Å². The van der Waals surface area contributed by atoms with Crippen molar-refractivity contribution in [1.29, 1.82) is 0 Å². The lowest BCUT2D eigenvalue weighted by Gasteiger charge is -2.38. The molecule has 0 amide bonds. The fourth-order valence-electron chi connectivity index (χ4n) is 3.12. The second-order valence-electron chi connectivity index (χ2n) is 5.97. The van der Waals surface area contributed by atoms with Crippen LogP contribution in [-0.2, 0) is 11.8 Å². The van der Waals surface area contributed by atoms with Crippen LogP contribution in [0.4, 0.5) is 0 Å². The third-order valence-corrected chi connectivity index (χ3v) is 4.32. The standard InChI is InChI=1S/C16H22N4O/c1-12(2)20-15(18-11-19-20)9-16(10-17)7-8-21-14-6-4-3-5-13(14)16/h3-6,11-12H,7-10,17H2,1-2H3. The number of fused-ring (bicyclic) bond motifs is 1. The molecule has 112 valence electrons. The number of rotatable bonds is 4. The van der Waals surface area contributed by atoms with Gasteiger partial charge in [0.2, 0.25) is 0 Å². The summed E-state index contributed by atoms with van der Waals surface area (Å²) in [4.78, 5) is 4.45. The molecule has 0 fully saturated rings. The third-order valence-electron chi connectivity index (χ3n) is 4.32. The number of nitrogens with zero attached hydrogens (tertiary/aromatic N) is 3. The van der Waals surface area contributed by atoms with Crippen LogP contribution >= 0.6 is 0 Å². The van der Waals surface area contributed by atoms with Crippen molar-refractivity contribution in [3.8, 4) is 5.75 Å². The molecule has 0 radical (unpaired) electrons. The molecule has 1 aliphatic heterocycles. The van der Waals surface area contributed by atoms with Crippen LogP contribution in [-0.4, -0.2) is 27.9 Å². The first-order valence-electron chi connectivity index (χ1n) is 7.47. The minimum absolute atomic E-state index is 0.117. The van der Waals surface area contributed by atoms with E-state index in [0.29, 0.717) is 19.2 Å². The smallest absolute Gasteiger partial charge is 0.138 e. The maximum absolute atomic E-state index is 6.18. The van der Waals surface area contributed by atoms with E-state index in [-0.39, 0.29) is 5.41 Å². The highest BCUT2D eigenvalue weighted by Crippen LogP contribution is 2.40. The van der Waals surface area contributed by atoms with Gasteiger partial charge in [0.1, 0.15) is 17.9 Å². The Morgan fingerprint density at radius 3 is 2.95 bits per heavy atom. The first-order valence-corrected chi connectivity index (χ1v) is 7.47. The molecule has 0 bridgehead atoms. The summed E-state index contributed by atoms with van der Waals surface area (Å²) in [7, 11) is 0. The highest BCUT2D eigenvalue weighted by molar-refractivity contribution is 5.42. The Labute approximate surface area is 125 Å². The van der Waals surface area contributed by atoms with Crippen molar-refractivity contribution in [1.82, 2.24) is 14.8 Å². The average Bonchev–Trinajstić information content (AvgIpc) is 2.96. The Bertz CT molecular complexity index is 622. The summed E-state index contributed by atoms with van der Waals surface area (Å²) in [5.41, 5.74) is 7.26. The lowest BCUT2D eigenvalue weighted by atomic mass is 9.73. The van der Waals surface area contributed by atoms with Crippen molar-refractivity contribution in [2.45, 2.75) is 38.1 Å². The van der Waals surface area contributed by atoms with Crippen LogP contribution in [0.1, 0.15) is 37.7 Å². The normalized spacial score (nSPS) is 21.1. The monoisotopic (exact) mass is 286 g/mol. The maximum Gasteiger partial charge on any atom is 0.138 e. The molecule has 0 saturated carbocycles. The Kier molecular flexibility index (Phi) is 3.68. The summed E-state index contributed by atoms with van der Waals surface area (Å²) in [6.07, 6.45) is 3.33. The second kappa shape index (κ2) is 5.48. The molecule has 1 aromatic heterocycles. The number of ether oxygens (including phenoxy) is 1. The molecule has 3 rings (SSSR count). The van der Waals surface area contributed by atoms with Crippen molar-refractivity contribution in [3.05, 3.63) is 42.0 Å². The van der Waals surface area contributed by atoms with Gasteiger partial charge < -0.3 is 10.5 Å². The van der Waals surface area contributed by atoms with E-state index in [2.05, 4.69) is 30.0 Å². The summed E-state index contributed by atoms with van der Waals surface area (Å²) >= 11 is 0. The van der Waals surface area contributed by atoms with Gasteiger partial charge in [-0.15, -0.1) is 0 Å². The Hall–Kier alpha value is -1.88. The van der Waals surface area contributed by atoms with Crippen LogP contribution in [0.15, 0.2) is 30.6 Å². The maximum atomic E-state index is 6.18. The highest BCUT2D eigenvalue weighted by Gasteiger charge is 2.38. The van der Waals surface area contributed by atoms with Gasteiger partial charge >= 0.3 is 0 Å². The van der Waals surface area contributed by atoms with E-state index >= 15 is 0 Å². The van der Waals surface area contributed by atoms with Crippen molar-refractivity contribution >= 4 is 0 Å². The number of benzene rings is 1. The van der Waals surface area contributed by atoms with Gasteiger partial charge in [-0.25, -0.2) is 9.67 Å². The number of hydrogen-bond acceptors (Lipinski definition) is 4. The molecular formula is C16H22N4O. The predicted molar refractivity (Wildman–Crippen MR) is 81.4 cm³/mol. The van der Waals surface area contributed by atoms with Crippen LogP contribution in [0.25, 0.3) is 0 Å². The lowest BCUT2D eigenvalue weighted by molar-refractivity contribution is 0.212. The van der Waals surface area contributed by atoms with E-state index in [4.69, 9.17) is 10.5 Å². The van der Waals surface area contributed by atoms with E-state index in [1.807, 2.05) is 22.9 Å². The number of nitrogens with two attached hydrogens (primary N) is 1. The average molecular weight is 286 g/mol. The van der Waals surface area contributed by atoms with E-state index in [1.165, 1.54) is 5.56 Å². The van der Waals surface area contributed by atoms with Crippen molar-refractivity contribution in [2.75, 3.05) is 13.2 Å². The summed E-state index contributed by atoms with van der Waals surface area (Å²) in [6, 6.07) is 8.49. The van der Waals surface area contributed by atoms with Gasteiger partial charge in [0.25, 0.3) is 0 Å². The van der Waals surface area contributed by atoms with Crippen LogP contribution in [0.3, 0.4) is 0 Å². The van der Waals surface area contributed by atoms with Crippen LogP contribution in [0.5, 0.6) is 5.75 Å². The first-order chi connectivity index (χ1) is 10.2. The quantitative estimate of drug-likeness (QED) is 0.934. The number of aromatic nitrogens is 3. The molecule has 21 heavy (non-hydrogen) atoms. The summed E-state index contributed by atoms with van der Waals surface area (Å²) in [5, 5.41) is 4.34. The molecule has 1 aromatic carbocycles. The predicted octanol–water partition coefficient (Wildman–Crippen LogP) is 2.08. The van der Waals surface area contributed by atoms with Gasteiger partial charge in [0.05, 0.1) is 6.61 Å². The third kappa shape index (κ3) is 2.42. The number of hydrogen-bond donors (Lipinski definition) is 1. The minimum Gasteiger partial charge on any atom is -0.493 e. The molecule has 0 saturated heterocycles. The molecule has 0 aliphatic carbocycles. The molecule has 1 unspecified atom stereocenters. The van der Waals surface area contributed by atoms with E-state index in [9.17, 15) is 0 Å². The SMILES string of the molecule is CC(C)n1ncnc1CC1(CN)CCOc2ccccc21. The van der Waals surface area contributed by atoms with Gasteiger partial charge in [-0.3, -0.25) is 0 Å². The number of para-hydroxylation sites is 1. The largest absolute Gasteiger partial charge is 0.493 e. The Morgan fingerprint density at radius 1 is 1.38 bits per heavy atom. The highest BCUT2D eigenvalue weighted by atomic mass is 16.5. The molecule has 1 aliphatic rings. The van der Waals surface area contributed by atoms with Crippen molar-refractivity contribution in [3.63, 3.8) is 0 Å². The fourth-order valence-corrected chi connectivity index (χ4v) is 3.12. The topological polar surface area (TPSA) is 66.0 Å². The molecule has 5 heteroatoms. The van der Waals surface area contributed by atoms with Crippen molar-refractivity contribution in [2.24, 2.45) is 5.73 Å². The lowest BCUT2D eigenvalue weighted by Crippen LogP contribution is -2.42. The zero-order valence-electron chi connectivity index (χ0n) is 12.6. The second-order valence-corrected chi connectivity index (χ2v) is 5.97. The van der Waals surface area contributed by atoms with Gasteiger partial charge in [-0.05, 0) is 26.3 Å². The molecular weight excluding hydrogens is 264 g/mol. The summed E-state index contributed by atoms with van der Waals surface area (Å²) < 4.78 is 7.76. The van der Waals surface area contributed by atoms with Crippen LogP contribution < -0.4 is 10.5 Å². The fraction of sp³-hybridized carbons (Fsp3) is 0.500. The summed E-state index contributed by atoms with van der Waals surface area (Å²) in [6.45, 7) is 5.51. The van der Waals surface area contributed by atoms with Crippen LogP contribution in [0, 0.1) is 0 Å². The van der Waals surface area contributed by atoms with Crippen molar-refractivity contribution < 1.29 is 4.74 Å².